The third kappa shape index (κ3) is 4.58. The number of benzene rings is 2. The van der Waals surface area contributed by atoms with Crippen LogP contribution in [0.3, 0.4) is 0 Å². The molecule has 1 N–H and O–H groups in total. The molecule has 0 amide bonds. The first-order valence-corrected chi connectivity index (χ1v) is 8.17. The Morgan fingerprint density at radius 3 is 2.48 bits per heavy atom. The van der Waals surface area contributed by atoms with Crippen LogP contribution in [0.2, 0.25) is 0 Å². The maximum absolute atomic E-state index is 5.88. The van der Waals surface area contributed by atoms with E-state index in [0.29, 0.717) is 0 Å². The highest BCUT2D eigenvalue weighted by molar-refractivity contribution is 9.10. The SMILES string of the molecule is CCCOc1ccccc1C(Cc1ccc(Br)cc1)NC. The Balaban J connectivity index is 2.18. The minimum absolute atomic E-state index is 0.249. The largest absolute Gasteiger partial charge is 0.493 e. The molecule has 112 valence electrons. The minimum Gasteiger partial charge on any atom is -0.493 e. The maximum Gasteiger partial charge on any atom is 0.124 e. The van der Waals surface area contributed by atoms with E-state index < -0.39 is 0 Å². The Bertz CT molecular complexity index is 553. The van der Waals surface area contributed by atoms with Gasteiger partial charge in [-0.3, -0.25) is 0 Å². The number of hydrogen-bond acceptors (Lipinski definition) is 2. The quantitative estimate of drug-likeness (QED) is 0.780. The Morgan fingerprint density at radius 2 is 1.81 bits per heavy atom. The fourth-order valence-corrected chi connectivity index (χ4v) is 2.60. The zero-order valence-corrected chi connectivity index (χ0v) is 14.2. The lowest BCUT2D eigenvalue weighted by Gasteiger charge is -2.20. The van der Waals surface area contributed by atoms with Gasteiger partial charge in [0.1, 0.15) is 5.75 Å². The van der Waals surface area contributed by atoms with Gasteiger partial charge in [0.15, 0.2) is 0 Å². The number of likely N-dealkylation sites (N-methyl/N-ethyl adjacent to an activating group) is 1. The van der Waals surface area contributed by atoms with Gasteiger partial charge in [-0.25, -0.2) is 0 Å². The summed E-state index contributed by atoms with van der Waals surface area (Å²) in [7, 11) is 2.00. The molecule has 0 aliphatic heterocycles. The van der Waals surface area contributed by atoms with Crippen molar-refractivity contribution in [3.63, 3.8) is 0 Å². The molecule has 3 heteroatoms. The summed E-state index contributed by atoms with van der Waals surface area (Å²) in [5.74, 6) is 0.982. The molecule has 1 atom stereocenters. The van der Waals surface area contributed by atoms with E-state index in [0.717, 1.165) is 29.7 Å². The van der Waals surface area contributed by atoms with Gasteiger partial charge in [-0.15, -0.1) is 0 Å². The zero-order valence-electron chi connectivity index (χ0n) is 12.6. The molecule has 0 saturated carbocycles. The van der Waals surface area contributed by atoms with Crippen LogP contribution in [0.4, 0.5) is 0 Å². The number of nitrogens with one attached hydrogen (secondary N) is 1. The molecule has 0 saturated heterocycles. The molecule has 2 aromatic rings. The van der Waals surface area contributed by atoms with Crippen LogP contribution in [0.25, 0.3) is 0 Å². The number of hydrogen-bond donors (Lipinski definition) is 1. The molecule has 0 aliphatic carbocycles. The second-order valence-corrected chi connectivity index (χ2v) is 5.97. The number of rotatable bonds is 7. The van der Waals surface area contributed by atoms with Crippen molar-refractivity contribution in [3.05, 3.63) is 64.1 Å². The molecule has 0 radical (unpaired) electrons. The van der Waals surface area contributed by atoms with Crippen LogP contribution in [-0.2, 0) is 6.42 Å². The normalized spacial score (nSPS) is 12.1. The Morgan fingerprint density at radius 1 is 1.10 bits per heavy atom. The molecule has 0 bridgehead atoms. The first kappa shape index (κ1) is 16.1. The predicted octanol–water partition coefficient (Wildman–Crippen LogP) is 4.74. The molecule has 0 fully saturated rings. The van der Waals surface area contributed by atoms with Crippen molar-refractivity contribution in [1.82, 2.24) is 5.32 Å². The van der Waals surface area contributed by atoms with Crippen molar-refractivity contribution < 1.29 is 4.74 Å². The Labute approximate surface area is 135 Å². The van der Waals surface area contributed by atoms with Crippen LogP contribution in [-0.4, -0.2) is 13.7 Å². The summed E-state index contributed by atoms with van der Waals surface area (Å²) in [6, 6.07) is 17.0. The van der Waals surface area contributed by atoms with Gasteiger partial charge in [0.2, 0.25) is 0 Å². The summed E-state index contributed by atoms with van der Waals surface area (Å²) in [6.07, 6.45) is 1.96. The molecular weight excluding hydrogens is 326 g/mol. The summed E-state index contributed by atoms with van der Waals surface area (Å²) in [6.45, 7) is 2.88. The number of para-hydroxylation sites is 1. The summed E-state index contributed by atoms with van der Waals surface area (Å²) in [4.78, 5) is 0. The summed E-state index contributed by atoms with van der Waals surface area (Å²) in [5, 5.41) is 3.41. The van der Waals surface area contributed by atoms with Crippen molar-refractivity contribution >= 4 is 15.9 Å². The highest BCUT2D eigenvalue weighted by atomic mass is 79.9. The predicted molar refractivity (Wildman–Crippen MR) is 91.9 cm³/mol. The van der Waals surface area contributed by atoms with Gasteiger partial charge < -0.3 is 10.1 Å². The fourth-order valence-electron chi connectivity index (χ4n) is 2.34. The molecule has 2 nitrogen and oxygen atoms in total. The Hall–Kier alpha value is -1.32. The molecule has 21 heavy (non-hydrogen) atoms. The van der Waals surface area contributed by atoms with E-state index in [-0.39, 0.29) is 6.04 Å². The topological polar surface area (TPSA) is 21.3 Å². The average Bonchev–Trinajstić information content (AvgIpc) is 2.53. The van der Waals surface area contributed by atoms with Gasteiger partial charge in [0.05, 0.1) is 6.61 Å². The zero-order chi connectivity index (χ0) is 15.1. The van der Waals surface area contributed by atoms with E-state index in [1.807, 2.05) is 13.1 Å². The first-order chi connectivity index (χ1) is 10.2. The second-order valence-electron chi connectivity index (χ2n) is 5.06. The lowest BCUT2D eigenvalue weighted by Crippen LogP contribution is -2.19. The van der Waals surface area contributed by atoms with Crippen LogP contribution in [0, 0.1) is 0 Å². The summed E-state index contributed by atoms with van der Waals surface area (Å²) in [5.41, 5.74) is 2.53. The van der Waals surface area contributed by atoms with Gasteiger partial charge in [-0.1, -0.05) is 53.2 Å². The highest BCUT2D eigenvalue weighted by Crippen LogP contribution is 2.28. The third-order valence-electron chi connectivity index (χ3n) is 3.46. The number of halogens is 1. The van der Waals surface area contributed by atoms with Crippen molar-refractivity contribution in [2.24, 2.45) is 0 Å². The molecule has 0 aliphatic rings. The lowest BCUT2D eigenvalue weighted by atomic mass is 9.98. The van der Waals surface area contributed by atoms with Crippen LogP contribution >= 0.6 is 15.9 Å². The van der Waals surface area contributed by atoms with E-state index in [9.17, 15) is 0 Å². The standard InChI is InChI=1S/C18H22BrNO/c1-3-12-21-18-7-5-4-6-16(18)17(20-2)13-14-8-10-15(19)11-9-14/h4-11,17,20H,3,12-13H2,1-2H3. The van der Waals surface area contributed by atoms with Gasteiger partial charge in [-0.2, -0.15) is 0 Å². The molecule has 1 unspecified atom stereocenters. The van der Waals surface area contributed by atoms with Gasteiger partial charge in [0.25, 0.3) is 0 Å². The third-order valence-corrected chi connectivity index (χ3v) is 3.99. The van der Waals surface area contributed by atoms with Crippen molar-refractivity contribution in [3.8, 4) is 5.75 Å². The van der Waals surface area contributed by atoms with E-state index >= 15 is 0 Å². The maximum atomic E-state index is 5.88. The molecule has 0 aromatic heterocycles. The van der Waals surface area contributed by atoms with Crippen molar-refractivity contribution in [2.45, 2.75) is 25.8 Å². The monoisotopic (exact) mass is 347 g/mol. The molecule has 2 aromatic carbocycles. The van der Waals surface area contributed by atoms with Crippen molar-refractivity contribution in [2.75, 3.05) is 13.7 Å². The van der Waals surface area contributed by atoms with Crippen LogP contribution in [0.5, 0.6) is 5.75 Å². The van der Waals surface area contributed by atoms with Crippen LogP contribution in [0.15, 0.2) is 53.0 Å². The van der Waals surface area contributed by atoms with E-state index in [1.54, 1.807) is 0 Å². The minimum atomic E-state index is 0.249. The smallest absolute Gasteiger partial charge is 0.124 e. The lowest BCUT2D eigenvalue weighted by molar-refractivity contribution is 0.310. The van der Waals surface area contributed by atoms with Crippen LogP contribution < -0.4 is 10.1 Å². The molecule has 0 heterocycles. The van der Waals surface area contributed by atoms with Crippen LogP contribution in [0.1, 0.15) is 30.5 Å². The Kier molecular flexibility index (Phi) is 6.27. The molecular formula is C18H22BrNO. The summed E-state index contributed by atoms with van der Waals surface area (Å²) < 4.78 is 6.99. The first-order valence-electron chi connectivity index (χ1n) is 7.38. The molecule has 0 spiro atoms. The van der Waals surface area contributed by atoms with E-state index in [2.05, 4.69) is 70.6 Å². The van der Waals surface area contributed by atoms with Crippen molar-refractivity contribution in [1.29, 1.82) is 0 Å². The summed E-state index contributed by atoms with van der Waals surface area (Å²) >= 11 is 3.48. The van der Waals surface area contributed by atoms with Gasteiger partial charge in [0, 0.05) is 16.1 Å². The average molecular weight is 348 g/mol. The van der Waals surface area contributed by atoms with E-state index in [1.165, 1.54) is 11.1 Å². The van der Waals surface area contributed by atoms with Gasteiger partial charge >= 0.3 is 0 Å². The molecule has 2 rings (SSSR count). The van der Waals surface area contributed by atoms with Gasteiger partial charge in [-0.05, 0) is 43.7 Å². The highest BCUT2D eigenvalue weighted by Gasteiger charge is 2.14. The van der Waals surface area contributed by atoms with E-state index in [4.69, 9.17) is 4.74 Å². The number of ether oxygens (including phenoxy) is 1. The fraction of sp³-hybridized carbons (Fsp3) is 0.333. The second kappa shape index (κ2) is 8.20.